The van der Waals surface area contributed by atoms with Crippen LogP contribution in [0.15, 0.2) is 24.3 Å². The number of urea groups is 1. The van der Waals surface area contributed by atoms with Crippen molar-refractivity contribution in [2.45, 2.75) is 45.6 Å². The Bertz CT molecular complexity index is 756. The summed E-state index contributed by atoms with van der Waals surface area (Å²) < 4.78 is 30.7. The third-order valence-corrected chi connectivity index (χ3v) is 6.54. The Morgan fingerprint density at radius 2 is 1.75 bits per heavy atom. The maximum atomic E-state index is 12.2. The maximum Gasteiger partial charge on any atom is 0.338 e. The minimum absolute atomic E-state index is 0.0728. The molecule has 0 radical (unpaired) electrons. The Morgan fingerprint density at radius 3 is 2.32 bits per heavy atom. The van der Waals surface area contributed by atoms with Gasteiger partial charge in [0.2, 0.25) is 10.0 Å². The minimum atomic E-state index is -3.18. The molecule has 0 aliphatic carbocycles. The predicted molar refractivity (Wildman–Crippen MR) is 108 cm³/mol. The molecule has 1 saturated heterocycles. The number of amides is 2. The van der Waals surface area contributed by atoms with Crippen LogP contribution in [0.2, 0.25) is 0 Å². The van der Waals surface area contributed by atoms with Gasteiger partial charge in [0.1, 0.15) is 0 Å². The van der Waals surface area contributed by atoms with Crippen LogP contribution in [-0.2, 0) is 14.8 Å². The molecule has 9 heteroatoms. The number of carbonyl (C=O) groups excluding carboxylic acids is 2. The van der Waals surface area contributed by atoms with Gasteiger partial charge in [-0.1, -0.05) is 13.8 Å². The highest BCUT2D eigenvalue weighted by atomic mass is 32.2. The first kappa shape index (κ1) is 22.2. The summed E-state index contributed by atoms with van der Waals surface area (Å²) in [5.74, 6) is -0.226. The molecule has 2 rings (SSSR count). The van der Waals surface area contributed by atoms with Crippen LogP contribution < -0.4 is 10.6 Å². The Hall–Kier alpha value is -2.13. The fourth-order valence-electron chi connectivity index (χ4n) is 2.99. The predicted octanol–water partition coefficient (Wildman–Crippen LogP) is 2.58. The van der Waals surface area contributed by atoms with Crippen molar-refractivity contribution in [1.82, 2.24) is 9.62 Å². The maximum absolute atomic E-state index is 12.2. The Labute approximate surface area is 166 Å². The fraction of sp³-hybridized carbons (Fsp3) is 0.579. The summed E-state index contributed by atoms with van der Waals surface area (Å²) in [6, 6.07) is 6.06. The van der Waals surface area contributed by atoms with E-state index in [1.54, 1.807) is 24.3 Å². The minimum Gasteiger partial charge on any atom is -0.462 e. The third kappa shape index (κ3) is 6.49. The molecule has 1 aliphatic heterocycles. The highest BCUT2D eigenvalue weighted by Crippen LogP contribution is 2.16. The van der Waals surface area contributed by atoms with E-state index in [4.69, 9.17) is 4.74 Å². The molecule has 2 amide bonds. The fourth-order valence-corrected chi connectivity index (χ4v) is 4.53. The molecule has 0 bridgehead atoms. The van der Waals surface area contributed by atoms with E-state index in [-0.39, 0.29) is 23.8 Å². The van der Waals surface area contributed by atoms with Gasteiger partial charge in [-0.05, 0) is 49.9 Å². The van der Waals surface area contributed by atoms with E-state index in [1.807, 2.05) is 13.8 Å². The van der Waals surface area contributed by atoms with Crippen LogP contribution in [-0.4, -0.2) is 56.2 Å². The van der Waals surface area contributed by atoms with Crippen LogP contribution >= 0.6 is 0 Å². The van der Waals surface area contributed by atoms with Crippen molar-refractivity contribution in [3.05, 3.63) is 29.8 Å². The van der Waals surface area contributed by atoms with Crippen LogP contribution in [0, 0.1) is 0 Å². The number of sulfonamides is 1. The summed E-state index contributed by atoms with van der Waals surface area (Å²) in [4.78, 5) is 23.9. The monoisotopic (exact) mass is 411 g/mol. The first-order valence-electron chi connectivity index (χ1n) is 9.68. The van der Waals surface area contributed by atoms with Gasteiger partial charge in [-0.2, -0.15) is 0 Å². The molecule has 0 spiro atoms. The number of nitrogens with one attached hydrogen (secondary N) is 2. The van der Waals surface area contributed by atoms with Crippen molar-refractivity contribution in [3.63, 3.8) is 0 Å². The van der Waals surface area contributed by atoms with E-state index >= 15 is 0 Å². The smallest absolute Gasteiger partial charge is 0.338 e. The number of carbonyl (C=O) groups is 2. The highest BCUT2D eigenvalue weighted by molar-refractivity contribution is 7.89. The lowest BCUT2D eigenvalue weighted by atomic mass is 10.1. The van der Waals surface area contributed by atoms with Gasteiger partial charge in [0, 0.05) is 24.8 Å². The first-order valence-corrected chi connectivity index (χ1v) is 11.3. The first-order chi connectivity index (χ1) is 13.4. The third-order valence-electron chi connectivity index (χ3n) is 4.46. The molecule has 8 nitrogen and oxygen atoms in total. The number of esters is 1. The molecule has 28 heavy (non-hydrogen) atoms. The van der Waals surface area contributed by atoms with Gasteiger partial charge in [-0.3, -0.25) is 0 Å². The second-order valence-corrected chi connectivity index (χ2v) is 8.89. The molecule has 156 valence electrons. The zero-order valence-corrected chi connectivity index (χ0v) is 17.3. The molecular weight excluding hydrogens is 382 g/mol. The summed E-state index contributed by atoms with van der Waals surface area (Å²) >= 11 is 0. The van der Waals surface area contributed by atoms with Gasteiger partial charge in [0.15, 0.2) is 0 Å². The van der Waals surface area contributed by atoms with Crippen molar-refractivity contribution < 1.29 is 22.7 Å². The number of anilines is 1. The number of hydrogen-bond acceptors (Lipinski definition) is 5. The highest BCUT2D eigenvalue weighted by Gasteiger charge is 2.27. The number of hydrogen-bond donors (Lipinski definition) is 2. The van der Waals surface area contributed by atoms with E-state index in [0.717, 1.165) is 6.42 Å². The summed E-state index contributed by atoms with van der Waals surface area (Å²) in [5, 5.41) is 5.60. The molecule has 2 N–H and O–H groups in total. The van der Waals surface area contributed by atoms with Gasteiger partial charge in [-0.15, -0.1) is 0 Å². The van der Waals surface area contributed by atoms with E-state index in [2.05, 4.69) is 10.6 Å². The lowest BCUT2D eigenvalue weighted by molar-refractivity contribution is 0.0505. The number of benzene rings is 1. The number of rotatable bonds is 8. The largest absolute Gasteiger partial charge is 0.462 e. The van der Waals surface area contributed by atoms with E-state index in [1.165, 1.54) is 4.31 Å². The van der Waals surface area contributed by atoms with Gasteiger partial charge >= 0.3 is 12.0 Å². The van der Waals surface area contributed by atoms with Crippen molar-refractivity contribution in [2.75, 3.05) is 30.8 Å². The standard InChI is InChI=1S/C19H29N3O5S/c1-3-13-27-18(23)15-5-7-16(8-6-15)20-19(24)21-17-9-11-22(12-10-17)28(25,26)14-4-2/h5-8,17H,3-4,9-14H2,1-2H3,(H2,20,21,24). The molecule has 1 aliphatic rings. The van der Waals surface area contributed by atoms with Gasteiger partial charge in [-0.25, -0.2) is 22.3 Å². The Morgan fingerprint density at radius 1 is 1.11 bits per heavy atom. The molecule has 0 saturated carbocycles. The number of piperidine rings is 1. The van der Waals surface area contributed by atoms with Crippen LogP contribution in [0.1, 0.15) is 49.9 Å². The molecule has 0 unspecified atom stereocenters. The molecule has 1 heterocycles. The number of ether oxygens (including phenoxy) is 1. The second-order valence-electron chi connectivity index (χ2n) is 6.80. The normalized spacial score (nSPS) is 15.8. The lowest BCUT2D eigenvalue weighted by Gasteiger charge is -2.31. The zero-order valence-electron chi connectivity index (χ0n) is 16.4. The SMILES string of the molecule is CCCOC(=O)c1ccc(NC(=O)NC2CCN(S(=O)(=O)CCC)CC2)cc1. The topological polar surface area (TPSA) is 105 Å². The van der Waals surface area contributed by atoms with E-state index < -0.39 is 10.0 Å². The van der Waals surface area contributed by atoms with E-state index in [0.29, 0.717) is 50.2 Å². The molecular formula is C19H29N3O5S. The average Bonchev–Trinajstić information content (AvgIpc) is 2.67. The second kappa shape index (κ2) is 10.4. The Balaban J connectivity index is 1.79. The quantitative estimate of drug-likeness (QED) is 0.640. The van der Waals surface area contributed by atoms with Crippen LogP contribution in [0.25, 0.3) is 0 Å². The average molecular weight is 412 g/mol. The summed E-state index contributed by atoms with van der Waals surface area (Å²) in [5.41, 5.74) is 0.993. The lowest BCUT2D eigenvalue weighted by Crippen LogP contribution is -2.47. The summed E-state index contributed by atoms with van der Waals surface area (Å²) in [6.07, 6.45) is 2.52. The molecule has 0 atom stereocenters. The zero-order chi connectivity index (χ0) is 20.6. The van der Waals surface area contributed by atoms with Gasteiger partial charge in [0.05, 0.1) is 17.9 Å². The van der Waals surface area contributed by atoms with Crippen molar-refractivity contribution in [1.29, 1.82) is 0 Å². The van der Waals surface area contributed by atoms with Crippen LogP contribution in [0.5, 0.6) is 0 Å². The van der Waals surface area contributed by atoms with Gasteiger partial charge < -0.3 is 15.4 Å². The number of nitrogens with zero attached hydrogens (tertiary/aromatic N) is 1. The summed E-state index contributed by atoms with van der Waals surface area (Å²) in [6.45, 7) is 4.98. The van der Waals surface area contributed by atoms with E-state index in [9.17, 15) is 18.0 Å². The van der Waals surface area contributed by atoms with Crippen molar-refractivity contribution in [3.8, 4) is 0 Å². The molecule has 1 fully saturated rings. The van der Waals surface area contributed by atoms with Crippen LogP contribution in [0.3, 0.4) is 0 Å². The van der Waals surface area contributed by atoms with Crippen molar-refractivity contribution >= 4 is 27.7 Å². The molecule has 0 aromatic heterocycles. The van der Waals surface area contributed by atoms with Gasteiger partial charge in [0.25, 0.3) is 0 Å². The molecule has 1 aromatic rings. The summed E-state index contributed by atoms with van der Waals surface area (Å²) in [7, 11) is -3.18. The van der Waals surface area contributed by atoms with Crippen LogP contribution in [0.4, 0.5) is 10.5 Å². The Kier molecular flexibility index (Phi) is 8.25. The molecule has 1 aromatic carbocycles. The van der Waals surface area contributed by atoms with Crippen molar-refractivity contribution in [2.24, 2.45) is 0 Å².